The predicted octanol–water partition coefficient (Wildman–Crippen LogP) is -1.45. The number of sulfonamides is 1. The van der Waals surface area contributed by atoms with Crippen LogP contribution in [0.1, 0.15) is 13.8 Å². The van der Waals surface area contributed by atoms with Crippen LogP contribution in [0.2, 0.25) is 0 Å². The van der Waals surface area contributed by atoms with Crippen molar-refractivity contribution in [1.29, 1.82) is 0 Å². The number of imide groups is 1. The van der Waals surface area contributed by atoms with Gasteiger partial charge in [0.15, 0.2) is 0 Å². The maximum atomic E-state index is 12.4. The zero-order chi connectivity index (χ0) is 14.4. The van der Waals surface area contributed by atoms with Gasteiger partial charge in [0.25, 0.3) is 10.0 Å². The first kappa shape index (κ1) is 13.8. The summed E-state index contributed by atoms with van der Waals surface area (Å²) < 4.78 is 25.2. The van der Waals surface area contributed by atoms with E-state index < -0.39 is 33.9 Å². The molecule has 3 N–H and O–H groups in total. The fraction of sp³-hybridized carbons (Fsp3) is 0.500. The molecule has 1 fully saturated rings. The van der Waals surface area contributed by atoms with Gasteiger partial charge in [0, 0.05) is 0 Å². The highest BCUT2D eigenvalue weighted by molar-refractivity contribution is 7.91. The van der Waals surface area contributed by atoms with Crippen molar-refractivity contribution in [2.75, 3.05) is 12.3 Å². The number of aromatic nitrogens is 2. The third-order valence-corrected chi connectivity index (χ3v) is 5.77. The molecule has 104 valence electrons. The maximum Gasteiger partial charge on any atom is 0.273 e. The van der Waals surface area contributed by atoms with Crippen molar-refractivity contribution in [3.05, 3.63) is 0 Å². The molecule has 0 bridgehead atoms. The Labute approximate surface area is 112 Å². The van der Waals surface area contributed by atoms with E-state index in [0.717, 1.165) is 4.31 Å². The molecule has 0 aliphatic carbocycles. The van der Waals surface area contributed by atoms with Crippen LogP contribution in [0.3, 0.4) is 0 Å². The lowest BCUT2D eigenvalue weighted by atomic mass is 10.0. The average molecular weight is 305 g/mol. The molecule has 1 aromatic heterocycles. The molecule has 1 aromatic rings. The van der Waals surface area contributed by atoms with Crippen LogP contribution >= 0.6 is 11.3 Å². The van der Waals surface area contributed by atoms with Gasteiger partial charge in [0.2, 0.25) is 21.3 Å². The van der Waals surface area contributed by atoms with Gasteiger partial charge in [-0.25, -0.2) is 8.42 Å². The Morgan fingerprint density at radius 1 is 1.37 bits per heavy atom. The molecule has 0 atom stereocenters. The van der Waals surface area contributed by atoms with Crippen molar-refractivity contribution in [3.8, 4) is 0 Å². The minimum absolute atomic E-state index is 0.0100. The molecule has 2 rings (SSSR count). The summed E-state index contributed by atoms with van der Waals surface area (Å²) in [6.07, 6.45) is 0. The third kappa shape index (κ3) is 2.19. The minimum atomic E-state index is -4.10. The highest BCUT2D eigenvalue weighted by atomic mass is 32.2. The van der Waals surface area contributed by atoms with Crippen LogP contribution in [0.5, 0.6) is 0 Å². The molecule has 19 heavy (non-hydrogen) atoms. The minimum Gasteiger partial charge on any atom is -0.374 e. The zero-order valence-corrected chi connectivity index (χ0v) is 11.7. The normalized spacial score (nSPS) is 20.3. The van der Waals surface area contributed by atoms with Crippen LogP contribution in [0, 0.1) is 0 Å². The number of carbonyl (C=O) groups excluding carboxylic acids is 2. The number of nitrogen functional groups attached to an aromatic ring is 1. The van der Waals surface area contributed by atoms with E-state index in [1.54, 1.807) is 0 Å². The van der Waals surface area contributed by atoms with Gasteiger partial charge in [-0.2, -0.15) is 4.31 Å². The quantitative estimate of drug-likeness (QED) is 0.638. The topological polar surface area (TPSA) is 135 Å². The molecule has 0 radical (unpaired) electrons. The van der Waals surface area contributed by atoms with E-state index in [9.17, 15) is 18.0 Å². The molecule has 1 aliphatic rings. The fourth-order valence-electron chi connectivity index (χ4n) is 1.56. The molecule has 11 heteroatoms. The second-order valence-electron chi connectivity index (χ2n) is 4.35. The lowest BCUT2D eigenvalue weighted by molar-refractivity contribution is -0.141. The number of rotatable bonds is 2. The first-order valence-corrected chi connectivity index (χ1v) is 7.37. The number of nitrogens with two attached hydrogens (primary N) is 1. The van der Waals surface area contributed by atoms with Gasteiger partial charge in [0.05, 0.1) is 6.54 Å². The summed E-state index contributed by atoms with van der Waals surface area (Å²) in [4.78, 5) is 23.1. The maximum absolute atomic E-state index is 12.4. The Morgan fingerprint density at radius 2 is 2.00 bits per heavy atom. The zero-order valence-electron chi connectivity index (χ0n) is 10.1. The first-order chi connectivity index (χ1) is 8.65. The van der Waals surface area contributed by atoms with Crippen LogP contribution < -0.4 is 11.1 Å². The molecule has 9 nitrogen and oxygen atoms in total. The Kier molecular flexibility index (Phi) is 3.07. The number of hydrogen-bond donors (Lipinski definition) is 2. The number of amides is 2. The highest BCUT2D eigenvalue weighted by Crippen LogP contribution is 2.28. The van der Waals surface area contributed by atoms with Crippen molar-refractivity contribution in [1.82, 2.24) is 19.8 Å². The first-order valence-electron chi connectivity index (χ1n) is 5.12. The molecule has 1 aliphatic heterocycles. The molecule has 2 heterocycles. The van der Waals surface area contributed by atoms with Crippen LogP contribution in [-0.4, -0.2) is 46.8 Å². The van der Waals surface area contributed by atoms with E-state index in [4.69, 9.17) is 5.73 Å². The van der Waals surface area contributed by atoms with Gasteiger partial charge in [-0.1, -0.05) is 11.3 Å². The number of carbonyl (C=O) groups is 2. The summed E-state index contributed by atoms with van der Waals surface area (Å²) in [6, 6.07) is 0. The number of piperazine rings is 1. The third-order valence-electron chi connectivity index (χ3n) is 2.65. The largest absolute Gasteiger partial charge is 0.374 e. The molecule has 0 spiro atoms. The van der Waals surface area contributed by atoms with Gasteiger partial charge in [-0.3, -0.25) is 14.9 Å². The standard InChI is InChI=1S/C8H11N5O4S2/c1-8(2)5(15)10-4(14)3-13(8)19(16,17)7-12-11-6(9)18-7/h3H2,1-2H3,(H2,9,11)(H,10,14,15). The Hall–Kier alpha value is -1.59. The second-order valence-corrected chi connectivity index (χ2v) is 7.40. The SMILES string of the molecule is CC1(C)C(=O)NC(=O)CN1S(=O)(=O)c1nnc(N)s1. The molecule has 2 amide bonds. The number of nitrogens with one attached hydrogen (secondary N) is 1. The molecular formula is C8H11N5O4S2. The number of nitrogens with zero attached hydrogens (tertiary/aromatic N) is 3. The lowest BCUT2D eigenvalue weighted by Crippen LogP contribution is -2.65. The summed E-state index contributed by atoms with van der Waals surface area (Å²) in [5.41, 5.74) is 3.95. The van der Waals surface area contributed by atoms with Crippen molar-refractivity contribution in [2.45, 2.75) is 23.7 Å². The fourth-order valence-corrected chi connectivity index (χ4v) is 4.16. The number of hydrogen-bond acceptors (Lipinski definition) is 8. The van der Waals surface area contributed by atoms with E-state index in [1.165, 1.54) is 13.8 Å². The molecular weight excluding hydrogens is 294 g/mol. The summed E-state index contributed by atoms with van der Waals surface area (Å²) in [7, 11) is -4.10. The van der Waals surface area contributed by atoms with E-state index in [2.05, 4.69) is 15.5 Å². The monoisotopic (exact) mass is 305 g/mol. The lowest BCUT2D eigenvalue weighted by Gasteiger charge is -2.38. The van der Waals surface area contributed by atoms with Gasteiger partial charge in [-0.05, 0) is 13.8 Å². The van der Waals surface area contributed by atoms with Gasteiger partial charge in [-0.15, -0.1) is 10.2 Å². The second kappa shape index (κ2) is 4.21. The molecule has 1 saturated heterocycles. The van der Waals surface area contributed by atoms with Crippen molar-refractivity contribution in [2.24, 2.45) is 0 Å². The van der Waals surface area contributed by atoms with E-state index in [0.29, 0.717) is 11.3 Å². The Bertz CT molecular complexity index is 650. The molecule has 0 aromatic carbocycles. The van der Waals surface area contributed by atoms with E-state index in [-0.39, 0.29) is 9.47 Å². The van der Waals surface area contributed by atoms with Gasteiger partial charge in [0.1, 0.15) is 5.54 Å². The summed E-state index contributed by atoms with van der Waals surface area (Å²) >= 11 is 0.674. The van der Waals surface area contributed by atoms with Crippen LogP contribution in [-0.2, 0) is 19.6 Å². The molecule has 0 saturated carbocycles. The van der Waals surface area contributed by atoms with Gasteiger partial charge >= 0.3 is 0 Å². The van der Waals surface area contributed by atoms with Crippen molar-refractivity contribution >= 4 is 38.3 Å². The average Bonchev–Trinajstić information content (AvgIpc) is 2.71. The summed E-state index contributed by atoms with van der Waals surface area (Å²) in [5.74, 6) is -1.38. The highest BCUT2D eigenvalue weighted by Gasteiger charge is 2.48. The van der Waals surface area contributed by atoms with Crippen molar-refractivity contribution < 1.29 is 18.0 Å². The predicted molar refractivity (Wildman–Crippen MR) is 65.4 cm³/mol. The summed E-state index contributed by atoms with van der Waals surface area (Å²) in [5, 5.41) is 8.94. The smallest absolute Gasteiger partial charge is 0.273 e. The van der Waals surface area contributed by atoms with Crippen LogP contribution in [0.25, 0.3) is 0 Å². The Morgan fingerprint density at radius 3 is 2.53 bits per heavy atom. The van der Waals surface area contributed by atoms with E-state index >= 15 is 0 Å². The van der Waals surface area contributed by atoms with E-state index in [1.807, 2.05) is 0 Å². The van der Waals surface area contributed by atoms with Crippen LogP contribution in [0.4, 0.5) is 5.13 Å². The van der Waals surface area contributed by atoms with Gasteiger partial charge < -0.3 is 5.73 Å². The summed E-state index contributed by atoms with van der Waals surface area (Å²) in [6.45, 7) is 2.34. The van der Waals surface area contributed by atoms with Crippen molar-refractivity contribution in [3.63, 3.8) is 0 Å². The number of anilines is 1. The Balaban J connectivity index is 2.49. The molecule has 0 unspecified atom stereocenters. The van der Waals surface area contributed by atoms with Crippen LogP contribution in [0.15, 0.2) is 4.34 Å².